The number of fused-ring (bicyclic) bond motifs is 1. The van der Waals surface area contributed by atoms with Crippen molar-refractivity contribution in [2.24, 2.45) is 0 Å². The number of carbonyl (C=O) groups is 1. The molecule has 0 unspecified atom stereocenters. The summed E-state index contributed by atoms with van der Waals surface area (Å²) in [6.07, 6.45) is 1.61. The first-order valence-electron chi connectivity index (χ1n) is 15.1. The minimum Gasteiger partial charge on any atom is -0.381 e. The molecule has 2 aliphatic heterocycles. The second-order valence-electron chi connectivity index (χ2n) is 11.9. The zero-order chi connectivity index (χ0) is 32.6. The molecule has 4 aromatic rings. The summed E-state index contributed by atoms with van der Waals surface area (Å²) in [5, 5.41) is 11.1. The molecule has 0 spiro atoms. The number of nitrogens with zero attached hydrogens (tertiary/aromatic N) is 3. The molecule has 0 bridgehead atoms. The molecular weight excluding hydrogens is 580 g/mol. The van der Waals surface area contributed by atoms with Gasteiger partial charge in [0.2, 0.25) is 0 Å². The van der Waals surface area contributed by atoms with Crippen LogP contribution >= 0.6 is 0 Å². The molecule has 2 fully saturated rings. The minimum atomic E-state index is -1.72. The number of anilines is 3. The van der Waals surface area contributed by atoms with Crippen molar-refractivity contribution >= 4 is 73.2 Å². The van der Waals surface area contributed by atoms with E-state index in [1.165, 1.54) is 0 Å². The third kappa shape index (κ3) is 6.86. The Hall–Kier alpha value is -3.70. The van der Waals surface area contributed by atoms with Gasteiger partial charge in [0.1, 0.15) is 11.6 Å². The van der Waals surface area contributed by atoms with Crippen LogP contribution in [0.25, 0.3) is 10.9 Å². The highest BCUT2D eigenvalue weighted by atomic mass is 19.1. The number of hydrogen-bond donors (Lipinski definition) is 3. The van der Waals surface area contributed by atoms with Gasteiger partial charge in [0.25, 0.3) is 5.91 Å². The van der Waals surface area contributed by atoms with Crippen LogP contribution in [0.1, 0.15) is 34.3 Å². The quantitative estimate of drug-likeness (QED) is 0.267. The summed E-state index contributed by atoms with van der Waals surface area (Å²) in [5.74, 6) is -1.73. The maximum absolute atomic E-state index is 14.0. The molecule has 0 aliphatic carbocycles. The van der Waals surface area contributed by atoms with Crippen LogP contribution in [0.4, 0.5) is 26.0 Å². The van der Waals surface area contributed by atoms with Gasteiger partial charge in [-0.1, -0.05) is 22.1 Å². The van der Waals surface area contributed by atoms with E-state index in [9.17, 15) is 13.6 Å². The SMILES string of the molecule is [B]C([B])(c1cc(F)cc(F)c1)c1ccc2[nH]nc(NC(=O)c3ccc(N4CCN(C([B])([B])[B])CC4)cc3NC3CCOCC3)c2c1. The monoisotopic (exact) mass is 610 g/mol. The molecule has 0 atom stereocenters. The summed E-state index contributed by atoms with van der Waals surface area (Å²) in [6.45, 7) is 3.75. The van der Waals surface area contributed by atoms with Gasteiger partial charge >= 0.3 is 0 Å². The van der Waals surface area contributed by atoms with Gasteiger partial charge in [-0.2, -0.15) is 5.10 Å². The molecule has 1 amide bonds. The van der Waals surface area contributed by atoms with Crippen LogP contribution in [0.5, 0.6) is 0 Å². The number of rotatable bonds is 8. The number of carbonyl (C=O) groups excluding carboxylic acids is 1. The summed E-state index contributed by atoms with van der Waals surface area (Å²) in [6, 6.07) is 13.7. The Morgan fingerprint density at radius 3 is 2.26 bits per heavy atom. The highest BCUT2D eigenvalue weighted by molar-refractivity contribution is 6.59. The van der Waals surface area contributed by atoms with Gasteiger partial charge in [-0.3, -0.25) is 9.89 Å². The van der Waals surface area contributed by atoms with Gasteiger partial charge in [-0.05, 0) is 60.9 Å². The molecule has 8 nitrogen and oxygen atoms in total. The van der Waals surface area contributed by atoms with Crippen molar-refractivity contribution in [1.82, 2.24) is 15.1 Å². The number of nitrogens with one attached hydrogen (secondary N) is 3. The topological polar surface area (TPSA) is 85.5 Å². The van der Waals surface area contributed by atoms with E-state index in [2.05, 4.69) is 25.7 Å². The maximum Gasteiger partial charge on any atom is 0.258 e. The maximum atomic E-state index is 14.0. The molecule has 1 aromatic heterocycles. The lowest BCUT2D eigenvalue weighted by Crippen LogP contribution is -2.58. The Labute approximate surface area is 273 Å². The first-order chi connectivity index (χ1) is 21.9. The van der Waals surface area contributed by atoms with Crippen LogP contribution in [0.15, 0.2) is 54.6 Å². The van der Waals surface area contributed by atoms with Crippen LogP contribution < -0.4 is 15.5 Å². The summed E-state index contributed by atoms with van der Waals surface area (Å²) >= 11 is 0. The third-order valence-electron chi connectivity index (χ3n) is 8.63. The molecule has 6 rings (SSSR count). The van der Waals surface area contributed by atoms with E-state index < -0.39 is 22.1 Å². The van der Waals surface area contributed by atoms with Crippen LogP contribution in [0, 0.1) is 11.6 Å². The molecular formula is C31H29B5F2N6O2. The van der Waals surface area contributed by atoms with E-state index in [-0.39, 0.29) is 23.3 Å². The normalized spacial score (nSPS) is 16.9. The smallest absolute Gasteiger partial charge is 0.258 e. The predicted octanol–water partition coefficient (Wildman–Crippen LogP) is 2.46. The number of H-pyrrole nitrogens is 1. The fourth-order valence-corrected chi connectivity index (χ4v) is 5.96. The Bertz CT molecular complexity index is 1720. The van der Waals surface area contributed by atoms with Crippen molar-refractivity contribution < 1.29 is 18.3 Å². The van der Waals surface area contributed by atoms with Crippen molar-refractivity contribution in [3.8, 4) is 0 Å². The number of aromatic nitrogens is 2. The van der Waals surface area contributed by atoms with Crippen LogP contribution in [0.3, 0.4) is 0 Å². The number of ether oxygens (including phenoxy) is 1. The highest BCUT2D eigenvalue weighted by Gasteiger charge is 2.27. The fourth-order valence-electron chi connectivity index (χ4n) is 5.96. The molecule has 3 aromatic carbocycles. The molecule has 224 valence electrons. The van der Waals surface area contributed by atoms with Gasteiger partial charge in [0.05, 0.1) is 50.3 Å². The average molecular weight is 610 g/mol. The highest BCUT2D eigenvalue weighted by Crippen LogP contribution is 2.33. The first kappa shape index (κ1) is 32.3. The number of piperazine rings is 1. The molecule has 2 saturated heterocycles. The van der Waals surface area contributed by atoms with Crippen molar-refractivity contribution in [2.45, 2.75) is 29.3 Å². The lowest BCUT2D eigenvalue weighted by molar-refractivity contribution is 0.0904. The van der Waals surface area contributed by atoms with E-state index in [1.54, 1.807) is 24.3 Å². The van der Waals surface area contributed by atoms with Crippen molar-refractivity contribution in [3.63, 3.8) is 0 Å². The number of amides is 1. The summed E-state index contributed by atoms with van der Waals surface area (Å²) < 4.78 is 33.5. The van der Waals surface area contributed by atoms with Crippen molar-refractivity contribution in [3.05, 3.63) is 82.9 Å². The van der Waals surface area contributed by atoms with Gasteiger partial charge in [-0.15, -0.1) is 0 Å². The Balaban J connectivity index is 1.27. The van der Waals surface area contributed by atoms with E-state index >= 15 is 0 Å². The number of halogens is 2. The Kier molecular flexibility index (Phi) is 9.00. The van der Waals surface area contributed by atoms with Crippen LogP contribution in [-0.2, 0) is 9.95 Å². The summed E-state index contributed by atoms with van der Waals surface area (Å²) in [4.78, 5) is 17.8. The third-order valence-corrected chi connectivity index (χ3v) is 8.63. The molecule has 0 saturated carbocycles. The van der Waals surface area contributed by atoms with Gasteiger partial charge in [0.15, 0.2) is 5.82 Å². The molecule has 10 radical (unpaired) electrons. The van der Waals surface area contributed by atoms with E-state index in [4.69, 9.17) is 44.0 Å². The fraction of sp³-hybridized carbons (Fsp3) is 0.355. The van der Waals surface area contributed by atoms with Crippen molar-refractivity contribution in [2.75, 3.05) is 54.9 Å². The minimum absolute atomic E-state index is 0.0529. The number of benzene rings is 3. The standard InChI is InChI=1S/C31H29B5F2N6O2/c32-30(33,19-13-20(37)16-21(38)14-19)18-1-4-26-25(15-18)28(42-41-26)40-29(45)24-3-2-23(17-27(24)39-22-5-11-46-12-6-22)43-7-9-44(10-8-43)31(34,35)36/h1-4,13-17,22,39H,5-12H2,(H2,40,41,42,45). The number of aromatic amines is 1. The first-order valence-corrected chi connectivity index (χ1v) is 15.1. The second-order valence-corrected chi connectivity index (χ2v) is 11.9. The van der Waals surface area contributed by atoms with Crippen molar-refractivity contribution in [1.29, 1.82) is 0 Å². The second kappa shape index (κ2) is 12.8. The summed E-state index contributed by atoms with van der Waals surface area (Å²) in [5.41, 5.74) is 3.06. The molecule has 15 heteroatoms. The van der Waals surface area contributed by atoms with Gasteiger partial charge in [0, 0.05) is 68.3 Å². The van der Waals surface area contributed by atoms with E-state index in [0.717, 1.165) is 36.7 Å². The summed E-state index contributed by atoms with van der Waals surface area (Å²) in [7, 11) is 30.4. The molecule has 46 heavy (non-hydrogen) atoms. The van der Waals surface area contributed by atoms with Crippen LogP contribution in [0.2, 0.25) is 0 Å². The van der Waals surface area contributed by atoms with Gasteiger partial charge in [-0.25, -0.2) is 8.78 Å². The lowest BCUT2D eigenvalue weighted by atomic mass is 9.48. The molecule has 3 N–H and O–H groups in total. The lowest BCUT2D eigenvalue weighted by Gasteiger charge is -2.44. The predicted molar refractivity (Wildman–Crippen MR) is 180 cm³/mol. The average Bonchev–Trinajstić information content (AvgIpc) is 3.42. The molecule has 2 aliphatic rings. The largest absolute Gasteiger partial charge is 0.381 e. The van der Waals surface area contributed by atoms with E-state index in [0.29, 0.717) is 67.1 Å². The van der Waals surface area contributed by atoms with Crippen LogP contribution in [-0.4, -0.2) is 111 Å². The molecule has 3 heterocycles. The number of hydrogen-bond acceptors (Lipinski definition) is 6. The van der Waals surface area contributed by atoms with E-state index in [1.807, 2.05) is 17.0 Å². The zero-order valence-electron chi connectivity index (χ0n) is 25.2. The van der Waals surface area contributed by atoms with Gasteiger partial charge < -0.3 is 25.2 Å². The Morgan fingerprint density at radius 1 is 0.891 bits per heavy atom. The zero-order valence-corrected chi connectivity index (χ0v) is 25.2. The Morgan fingerprint density at radius 2 is 1.59 bits per heavy atom.